The molecule has 4 rings (SSSR count). The van der Waals surface area contributed by atoms with Crippen molar-refractivity contribution < 1.29 is 27.9 Å². The molecule has 0 spiro atoms. The Bertz CT molecular complexity index is 1210. The number of fused-ring (bicyclic) bond motifs is 1. The molecule has 1 aliphatic rings. The summed E-state index contributed by atoms with van der Waals surface area (Å²) in [4.78, 5) is 30.4. The number of alkyl halides is 3. The lowest BCUT2D eigenvalue weighted by Gasteiger charge is -2.28. The first-order valence-corrected chi connectivity index (χ1v) is 10.6. The normalized spacial score (nSPS) is 17.9. The molecular weight excluding hydrogens is 451 g/mol. The number of carbonyl (C=O) groups is 2. The Hall–Kier alpha value is -3.73. The zero-order chi connectivity index (χ0) is 24.5. The topological polar surface area (TPSA) is 109 Å². The second-order valence-corrected chi connectivity index (χ2v) is 7.98. The van der Waals surface area contributed by atoms with Gasteiger partial charge in [0.1, 0.15) is 11.5 Å². The molecule has 8 nitrogen and oxygen atoms in total. The number of aliphatic hydroxyl groups is 1. The Labute approximate surface area is 192 Å². The smallest absolute Gasteiger partial charge is 0.395 e. The van der Waals surface area contributed by atoms with Crippen LogP contribution in [0.3, 0.4) is 0 Å². The number of aliphatic hydroxyl groups excluding tert-OH is 1. The van der Waals surface area contributed by atoms with E-state index in [1.165, 1.54) is 29.2 Å². The van der Waals surface area contributed by atoms with Gasteiger partial charge >= 0.3 is 6.18 Å². The van der Waals surface area contributed by atoms with Gasteiger partial charge in [-0.3, -0.25) is 14.3 Å². The quantitative estimate of drug-likeness (QED) is 0.501. The second kappa shape index (κ2) is 9.26. The van der Waals surface area contributed by atoms with Gasteiger partial charge in [-0.1, -0.05) is 12.1 Å². The fourth-order valence-electron chi connectivity index (χ4n) is 4.03. The summed E-state index contributed by atoms with van der Waals surface area (Å²) in [6.07, 6.45) is -1.22. The molecule has 0 saturated heterocycles. The minimum Gasteiger partial charge on any atom is -0.395 e. The number of hydrogen-bond acceptors (Lipinski definition) is 6. The van der Waals surface area contributed by atoms with Gasteiger partial charge in [-0.2, -0.15) is 18.3 Å². The van der Waals surface area contributed by atoms with E-state index in [1.54, 1.807) is 12.1 Å². The van der Waals surface area contributed by atoms with E-state index >= 15 is 0 Å². The van der Waals surface area contributed by atoms with Gasteiger partial charge in [0, 0.05) is 12.7 Å². The molecule has 0 aliphatic carbocycles. The van der Waals surface area contributed by atoms with Crippen LogP contribution in [0.25, 0.3) is 0 Å². The molecule has 0 bridgehead atoms. The van der Waals surface area contributed by atoms with Crippen LogP contribution in [0.5, 0.6) is 0 Å². The van der Waals surface area contributed by atoms with Gasteiger partial charge in [0.2, 0.25) is 0 Å². The number of amides is 1. The van der Waals surface area contributed by atoms with E-state index in [-0.39, 0.29) is 47.7 Å². The molecule has 2 atom stereocenters. The molecule has 1 amide bonds. The number of benzene rings is 1. The maximum absolute atomic E-state index is 13.4. The zero-order valence-electron chi connectivity index (χ0n) is 18.1. The third-order valence-electron chi connectivity index (χ3n) is 5.68. The first-order valence-electron chi connectivity index (χ1n) is 10.6. The molecular formula is C23H22F3N5O3. The van der Waals surface area contributed by atoms with Crippen LogP contribution in [0.15, 0.2) is 48.8 Å². The highest BCUT2D eigenvalue weighted by Crippen LogP contribution is 2.39. The Kier molecular flexibility index (Phi) is 6.38. The van der Waals surface area contributed by atoms with Crippen molar-refractivity contribution in [3.05, 3.63) is 71.2 Å². The van der Waals surface area contributed by atoms with Crippen molar-refractivity contribution in [3.8, 4) is 0 Å². The maximum Gasteiger partial charge on any atom is 0.416 e. The number of aromatic nitrogens is 3. The van der Waals surface area contributed by atoms with Crippen LogP contribution in [0.2, 0.25) is 0 Å². The number of halogens is 3. The van der Waals surface area contributed by atoms with Crippen molar-refractivity contribution >= 4 is 23.2 Å². The molecule has 178 valence electrons. The summed E-state index contributed by atoms with van der Waals surface area (Å²) in [5.74, 6) is -1.26. The van der Waals surface area contributed by atoms with Crippen molar-refractivity contribution in [2.75, 3.05) is 23.8 Å². The molecule has 1 unspecified atom stereocenters. The van der Waals surface area contributed by atoms with Gasteiger partial charge in [0.15, 0.2) is 5.78 Å². The molecule has 11 heteroatoms. The summed E-state index contributed by atoms with van der Waals surface area (Å²) < 4.78 is 40.3. The number of rotatable bonds is 6. The van der Waals surface area contributed by atoms with E-state index in [0.717, 1.165) is 12.1 Å². The number of carbonyl (C=O) groups excluding carboxylic acids is 2. The van der Waals surface area contributed by atoms with Gasteiger partial charge in [-0.25, -0.2) is 4.98 Å². The minimum atomic E-state index is -4.46. The van der Waals surface area contributed by atoms with E-state index in [2.05, 4.69) is 20.7 Å². The summed E-state index contributed by atoms with van der Waals surface area (Å²) in [6, 6.07) is 7.48. The lowest BCUT2D eigenvalue weighted by atomic mass is 9.84. The molecule has 2 aromatic heterocycles. The minimum absolute atomic E-state index is 0.147. The van der Waals surface area contributed by atoms with Gasteiger partial charge in [-0.05, 0) is 43.2 Å². The Morgan fingerprint density at radius 1 is 1.24 bits per heavy atom. The lowest BCUT2D eigenvalue weighted by molar-refractivity contribution is -0.137. The Morgan fingerprint density at radius 2 is 1.97 bits per heavy atom. The third-order valence-corrected chi connectivity index (χ3v) is 5.68. The van der Waals surface area contributed by atoms with Gasteiger partial charge in [0.05, 0.1) is 41.6 Å². The average Bonchev–Trinajstić information content (AvgIpc) is 3.24. The molecule has 34 heavy (non-hydrogen) atoms. The van der Waals surface area contributed by atoms with Gasteiger partial charge < -0.3 is 15.7 Å². The number of ketones is 1. The first-order chi connectivity index (χ1) is 16.2. The van der Waals surface area contributed by atoms with E-state index in [0.29, 0.717) is 12.0 Å². The van der Waals surface area contributed by atoms with Gasteiger partial charge in [-0.15, -0.1) is 0 Å². The largest absolute Gasteiger partial charge is 0.416 e. The highest BCUT2D eigenvalue weighted by Gasteiger charge is 2.37. The van der Waals surface area contributed by atoms with Crippen molar-refractivity contribution in [1.29, 1.82) is 0 Å². The van der Waals surface area contributed by atoms with Crippen molar-refractivity contribution in [2.24, 2.45) is 0 Å². The van der Waals surface area contributed by atoms with Crippen LogP contribution >= 0.6 is 0 Å². The molecule has 0 fully saturated rings. The van der Waals surface area contributed by atoms with Crippen molar-refractivity contribution in [2.45, 2.75) is 31.5 Å². The first kappa shape index (κ1) is 23.4. The number of pyridine rings is 1. The highest BCUT2D eigenvalue weighted by molar-refractivity contribution is 6.12. The summed E-state index contributed by atoms with van der Waals surface area (Å²) >= 11 is 0. The van der Waals surface area contributed by atoms with E-state index in [4.69, 9.17) is 5.11 Å². The van der Waals surface area contributed by atoms with Crippen LogP contribution in [-0.4, -0.2) is 44.7 Å². The Balaban J connectivity index is 1.61. The fourth-order valence-corrected chi connectivity index (χ4v) is 4.03. The van der Waals surface area contributed by atoms with Crippen LogP contribution in [0.4, 0.5) is 24.7 Å². The van der Waals surface area contributed by atoms with E-state index < -0.39 is 23.6 Å². The summed E-state index contributed by atoms with van der Waals surface area (Å²) in [6.45, 7) is 1.90. The standard InChI is InChI=1S/C23H22F3N5O3/c1-13-11-17(14-4-6-15(7-5-14)23(24,25)26)20(33)19-18(12-29-31(13)19)30-22(34)16-3-2-8-27-21(16)28-9-10-32/h2-8,12-13,17,32H,9-11H2,1H3,(H,27,28)(H,30,34)/t13-,17?/m0/s1. The number of Topliss-reactive ketones (excluding diaryl/α,β-unsaturated/α-hetero) is 1. The van der Waals surface area contributed by atoms with Crippen LogP contribution in [-0.2, 0) is 6.18 Å². The lowest BCUT2D eigenvalue weighted by Crippen LogP contribution is -2.29. The molecule has 1 aromatic carbocycles. The predicted octanol–water partition coefficient (Wildman–Crippen LogP) is 3.88. The van der Waals surface area contributed by atoms with Gasteiger partial charge in [0.25, 0.3) is 5.91 Å². The number of anilines is 2. The molecule has 1 aliphatic heterocycles. The molecule has 3 aromatic rings. The molecule has 3 heterocycles. The zero-order valence-corrected chi connectivity index (χ0v) is 18.1. The second-order valence-electron chi connectivity index (χ2n) is 7.98. The van der Waals surface area contributed by atoms with Crippen LogP contribution in [0, 0.1) is 0 Å². The summed E-state index contributed by atoms with van der Waals surface area (Å²) in [5, 5.41) is 18.8. The SMILES string of the molecule is C[C@H]1CC(c2ccc(C(F)(F)F)cc2)C(=O)c2c(NC(=O)c3cccnc3NCCO)cnn21. The number of nitrogens with zero attached hydrogens (tertiary/aromatic N) is 3. The predicted molar refractivity (Wildman–Crippen MR) is 118 cm³/mol. The molecule has 0 saturated carbocycles. The average molecular weight is 473 g/mol. The maximum atomic E-state index is 13.4. The van der Waals surface area contributed by atoms with Crippen molar-refractivity contribution in [1.82, 2.24) is 14.8 Å². The summed E-state index contributed by atoms with van der Waals surface area (Å²) in [5.41, 5.74) is 0.289. The monoisotopic (exact) mass is 473 g/mol. The Morgan fingerprint density at radius 3 is 2.65 bits per heavy atom. The fraction of sp³-hybridized carbons (Fsp3) is 0.304. The number of hydrogen-bond donors (Lipinski definition) is 3. The summed E-state index contributed by atoms with van der Waals surface area (Å²) in [7, 11) is 0. The number of nitrogens with one attached hydrogen (secondary N) is 2. The van der Waals surface area contributed by atoms with E-state index in [9.17, 15) is 22.8 Å². The third kappa shape index (κ3) is 4.51. The highest BCUT2D eigenvalue weighted by atomic mass is 19.4. The van der Waals surface area contributed by atoms with E-state index in [1.807, 2.05) is 6.92 Å². The molecule has 0 radical (unpaired) electrons. The van der Waals surface area contributed by atoms with Crippen LogP contribution in [0.1, 0.15) is 57.3 Å². The van der Waals surface area contributed by atoms with Crippen LogP contribution < -0.4 is 10.6 Å². The van der Waals surface area contributed by atoms with Crippen molar-refractivity contribution in [3.63, 3.8) is 0 Å². The molecule has 3 N–H and O–H groups in total.